The predicted molar refractivity (Wildman–Crippen MR) is 86.7 cm³/mol. The number of thiophene rings is 1. The fraction of sp³-hybridized carbons (Fsp3) is 0.0714. The second-order valence-electron chi connectivity index (χ2n) is 4.05. The highest BCUT2D eigenvalue weighted by atomic mass is 79.9. The number of benzene rings is 1. The van der Waals surface area contributed by atoms with Crippen molar-refractivity contribution in [3.63, 3.8) is 0 Å². The van der Waals surface area contributed by atoms with Gasteiger partial charge in [0.15, 0.2) is 6.61 Å². The molecular weight excluding hydrogens is 372 g/mol. The molecule has 0 fully saturated rings. The summed E-state index contributed by atoms with van der Waals surface area (Å²) >= 11 is 4.62. The summed E-state index contributed by atoms with van der Waals surface area (Å²) < 4.78 is 5.68. The molecule has 0 atom stereocenters. The van der Waals surface area contributed by atoms with Crippen LogP contribution in [0.3, 0.4) is 0 Å². The summed E-state index contributed by atoms with van der Waals surface area (Å²) in [6, 6.07) is 8.52. The molecular formula is C14H11BrN2O4S. The summed E-state index contributed by atoms with van der Waals surface area (Å²) in [6.07, 6.45) is 1.48. The van der Waals surface area contributed by atoms with E-state index in [0.29, 0.717) is 15.1 Å². The van der Waals surface area contributed by atoms with Crippen LogP contribution in [-0.2, 0) is 4.79 Å². The number of rotatable bonds is 6. The maximum absolute atomic E-state index is 11.7. The first-order valence-corrected chi connectivity index (χ1v) is 7.74. The molecule has 0 bridgehead atoms. The van der Waals surface area contributed by atoms with E-state index in [-0.39, 0.29) is 5.91 Å². The molecule has 2 rings (SSSR count). The topological polar surface area (TPSA) is 88.0 Å². The average molecular weight is 383 g/mol. The fourth-order valence-corrected chi connectivity index (χ4v) is 2.61. The number of carbonyl (C=O) groups excluding carboxylic acids is 1. The van der Waals surface area contributed by atoms with Crippen LogP contribution in [0, 0.1) is 0 Å². The van der Waals surface area contributed by atoms with Gasteiger partial charge in [-0.1, -0.05) is 6.07 Å². The Labute approximate surface area is 138 Å². The number of hydrazone groups is 1. The Morgan fingerprint density at radius 2 is 2.23 bits per heavy atom. The van der Waals surface area contributed by atoms with Crippen LogP contribution in [0.1, 0.15) is 15.2 Å². The number of ether oxygens (including phenoxy) is 1. The third kappa shape index (κ3) is 4.68. The van der Waals surface area contributed by atoms with E-state index < -0.39 is 12.6 Å². The van der Waals surface area contributed by atoms with Gasteiger partial charge in [0, 0.05) is 0 Å². The molecule has 2 N–H and O–H groups in total. The Bertz CT molecular complexity index is 701. The molecule has 1 heterocycles. The Morgan fingerprint density at radius 3 is 2.86 bits per heavy atom. The van der Waals surface area contributed by atoms with E-state index in [4.69, 9.17) is 9.84 Å². The number of amides is 1. The standard InChI is InChI=1S/C14H11BrN2O4S/c15-10-6-9(3-4-11(10)21-8-13(18)19)7-16-17-14(20)12-2-1-5-22-12/h1-7H,8H2,(H,17,20)(H,18,19). The molecule has 1 amide bonds. The number of hydrogen-bond donors (Lipinski definition) is 2. The summed E-state index contributed by atoms with van der Waals surface area (Å²) in [5.41, 5.74) is 3.15. The molecule has 0 aliphatic rings. The number of hydrogen-bond acceptors (Lipinski definition) is 5. The zero-order valence-electron chi connectivity index (χ0n) is 11.2. The Morgan fingerprint density at radius 1 is 1.41 bits per heavy atom. The van der Waals surface area contributed by atoms with Crippen molar-refractivity contribution in [1.29, 1.82) is 0 Å². The third-order valence-corrected chi connectivity index (χ3v) is 3.92. The Balaban J connectivity index is 1.95. The highest BCUT2D eigenvalue weighted by molar-refractivity contribution is 9.10. The van der Waals surface area contributed by atoms with Crippen molar-refractivity contribution in [2.45, 2.75) is 0 Å². The largest absolute Gasteiger partial charge is 0.481 e. The summed E-state index contributed by atoms with van der Waals surface area (Å²) in [4.78, 5) is 22.7. The fourth-order valence-electron chi connectivity index (χ4n) is 1.48. The van der Waals surface area contributed by atoms with Crippen LogP contribution in [0.5, 0.6) is 5.75 Å². The summed E-state index contributed by atoms with van der Waals surface area (Å²) in [7, 11) is 0. The van der Waals surface area contributed by atoms with Gasteiger partial charge in [-0.2, -0.15) is 5.10 Å². The van der Waals surface area contributed by atoms with Crippen molar-refractivity contribution in [1.82, 2.24) is 5.43 Å². The molecule has 2 aromatic rings. The minimum absolute atomic E-state index is 0.272. The van der Waals surface area contributed by atoms with Gasteiger partial charge < -0.3 is 9.84 Å². The number of carboxylic acid groups (broad SMARTS) is 1. The van der Waals surface area contributed by atoms with Gasteiger partial charge in [0.05, 0.1) is 15.6 Å². The number of nitrogens with one attached hydrogen (secondary N) is 1. The Kier molecular flexibility index (Phi) is 5.68. The summed E-state index contributed by atoms with van der Waals surface area (Å²) in [5, 5.41) is 14.2. The van der Waals surface area contributed by atoms with Crippen LogP contribution in [0.2, 0.25) is 0 Å². The lowest BCUT2D eigenvalue weighted by Gasteiger charge is -2.06. The third-order valence-electron chi connectivity index (χ3n) is 2.43. The SMILES string of the molecule is O=C(O)COc1ccc(C=NNC(=O)c2cccs2)cc1Br. The second-order valence-corrected chi connectivity index (χ2v) is 5.85. The number of nitrogens with zero attached hydrogens (tertiary/aromatic N) is 1. The van der Waals surface area contributed by atoms with Crippen LogP contribution in [0.25, 0.3) is 0 Å². The van der Waals surface area contributed by atoms with E-state index >= 15 is 0 Å². The van der Waals surface area contributed by atoms with E-state index in [1.54, 1.807) is 30.3 Å². The maximum atomic E-state index is 11.7. The van der Waals surface area contributed by atoms with Crippen molar-refractivity contribution in [2.24, 2.45) is 5.10 Å². The van der Waals surface area contributed by atoms with E-state index in [1.807, 2.05) is 5.38 Å². The van der Waals surface area contributed by atoms with Gasteiger partial charge in [-0.05, 0) is 51.1 Å². The molecule has 0 saturated heterocycles. The zero-order valence-corrected chi connectivity index (χ0v) is 13.6. The van der Waals surface area contributed by atoms with Gasteiger partial charge in [0.2, 0.25) is 0 Å². The highest BCUT2D eigenvalue weighted by Crippen LogP contribution is 2.25. The number of carbonyl (C=O) groups is 2. The van der Waals surface area contributed by atoms with E-state index in [0.717, 1.165) is 5.56 Å². The first kappa shape index (κ1) is 16.2. The summed E-state index contributed by atoms with van der Waals surface area (Å²) in [5.74, 6) is -0.900. The van der Waals surface area contributed by atoms with Crippen LogP contribution in [0.15, 0.2) is 45.3 Å². The lowest BCUT2D eigenvalue weighted by molar-refractivity contribution is -0.139. The molecule has 0 aliphatic carbocycles. The van der Waals surface area contributed by atoms with Crippen LogP contribution >= 0.6 is 27.3 Å². The van der Waals surface area contributed by atoms with Crippen molar-refractivity contribution in [2.75, 3.05) is 6.61 Å². The first-order chi connectivity index (χ1) is 10.6. The number of carboxylic acids is 1. The quantitative estimate of drug-likeness (QED) is 0.593. The minimum atomic E-state index is -1.05. The van der Waals surface area contributed by atoms with Crippen LogP contribution < -0.4 is 10.2 Å². The first-order valence-electron chi connectivity index (χ1n) is 6.07. The molecule has 1 aromatic heterocycles. The molecule has 114 valence electrons. The number of aliphatic carboxylic acids is 1. The van der Waals surface area contributed by atoms with E-state index in [1.165, 1.54) is 17.6 Å². The maximum Gasteiger partial charge on any atom is 0.341 e. The molecule has 8 heteroatoms. The molecule has 0 radical (unpaired) electrons. The van der Waals surface area contributed by atoms with Crippen molar-refractivity contribution in [3.05, 3.63) is 50.6 Å². The van der Waals surface area contributed by atoms with E-state index in [2.05, 4.69) is 26.5 Å². The second kappa shape index (κ2) is 7.71. The monoisotopic (exact) mass is 382 g/mol. The molecule has 6 nitrogen and oxygen atoms in total. The predicted octanol–water partition coefficient (Wildman–Crippen LogP) is 2.74. The molecule has 0 aliphatic heterocycles. The number of halogens is 1. The van der Waals surface area contributed by atoms with Crippen molar-refractivity contribution < 1.29 is 19.4 Å². The molecule has 0 unspecified atom stereocenters. The van der Waals surface area contributed by atoms with Gasteiger partial charge in [-0.15, -0.1) is 11.3 Å². The van der Waals surface area contributed by atoms with Gasteiger partial charge in [0.25, 0.3) is 5.91 Å². The molecule has 1 aromatic carbocycles. The smallest absolute Gasteiger partial charge is 0.341 e. The normalized spacial score (nSPS) is 10.6. The lowest BCUT2D eigenvalue weighted by Crippen LogP contribution is -2.16. The molecule has 0 saturated carbocycles. The van der Waals surface area contributed by atoms with Crippen molar-refractivity contribution >= 4 is 45.4 Å². The van der Waals surface area contributed by atoms with Gasteiger partial charge in [-0.3, -0.25) is 4.79 Å². The van der Waals surface area contributed by atoms with Crippen molar-refractivity contribution in [3.8, 4) is 5.75 Å². The zero-order chi connectivity index (χ0) is 15.9. The Hall–Kier alpha value is -2.19. The highest BCUT2D eigenvalue weighted by Gasteiger charge is 2.05. The van der Waals surface area contributed by atoms with E-state index in [9.17, 15) is 9.59 Å². The summed E-state index contributed by atoms with van der Waals surface area (Å²) in [6.45, 7) is -0.414. The lowest BCUT2D eigenvalue weighted by atomic mass is 10.2. The van der Waals surface area contributed by atoms with Crippen LogP contribution in [0.4, 0.5) is 0 Å². The van der Waals surface area contributed by atoms with Gasteiger partial charge in [-0.25, -0.2) is 10.2 Å². The van der Waals surface area contributed by atoms with Gasteiger partial charge in [0.1, 0.15) is 5.75 Å². The van der Waals surface area contributed by atoms with Crippen LogP contribution in [-0.4, -0.2) is 29.8 Å². The average Bonchev–Trinajstić information content (AvgIpc) is 3.00. The van der Waals surface area contributed by atoms with Gasteiger partial charge >= 0.3 is 5.97 Å². The molecule has 0 spiro atoms. The minimum Gasteiger partial charge on any atom is -0.481 e. The molecule has 22 heavy (non-hydrogen) atoms.